The van der Waals surface area contributed by atoms with E-state index in [0.29, 0.717) is 48.5 Å². The SMILES string of the molecule is COC(=O)c1c(NC(=O)c2c(C)c(-c3ccc(Cl)cc3Cl)nc3ccccc23)sc2c1CCCC2. The van der Waals surface area contributed by atoms with Crippen LogP contribution in [0.3, 0.4) is 0 Å². The van der Waals surface area contributed by atoms with Crippen LogP contribution in [-0.2, 0) is 17.6 Å². The Hall–Kier alpha value is -2.93. The molecule has 5 nitrogen and oxygen atoms in total. The van der Waals surface area contributed by atoms with Gasteiger partial charge < -0.3 is 10.1 Å². The van der Waals surface area contributed by atoms with Crippen molar-refractivity contribution in [2.45, 2.75) is 32.6 Å². The topological polar surface area (TPSA) is 68.3 Å². The molecule has 0 saturated heterocycles. The van der Waals surface area contributed by atoms with Crippen molar-refractivity contribution in [3.8, 4) is 11.3 Å². The molecule has 2 heterocycles. The minimum absolute atomic E-state index is 0.309. The third-order valence-corrected chi connectivity index (χ3v) is 8.09. The molecule has 1 amide bonds. The molecule has 0 spiro atoms. The fraction of sp³-hybridized carbons (Fsp3) is 0.222. The summed E-state index contributed by atoms with van der Waals surface area (Å²) >= 11 is 14.1. The van der Waals surface area contributed by atoms with Crippen LogP contribution < -0.4 is 5.32 Å². The van der Waals surface area contributed by atoms with Gasteiger partial charge in [0.05, 0.1) is 34.5 Å². The number of aromatic nitrogens is 1. The number of benzene rings is 2. The zero-order valence-electron chi connectivity index (χ0n) is 19.2. The predicted molar refractivity (Wildman–Crippen MR) is 142 cm³/mol. The average molecular weight is 525 g/mol. The predicted octanol–water partition coefficient (Wildman–Crippen LogP) is 7.50. The zero-order valence-corrected chi connectivity index (χ0v) is 21.5. The summed E-state index contributed by atoms with van der Waals surface area (Å²) in [6.45, 7) is 1.86. The smallest absolute Gasteiger partial charge is 0.341 e. The van der Waals surface area contributed by atoms with E-state index in [2.05, 4.69) is 5.32 Å². The van der Waals surface area contributed by atoms with Gasteiger partial charge in [0.2, 0.25) is 0 Å². The molecule has 1 aliphatic carbocycles. The number of fused-ring (bicyclic) bond motifs is 2. The highest BCUT2D eigenvalue weighted by Crippen LogP contribution is 2.40. The van der Waals surface area contributed by atoms with Crippen LogP contribution in [-0.4, -0.2) is 24.0 Å². The number of methoxy groups -OCH3 is 1. The Bertz CT molecular complexity index is 1500. The number of para-hydroxylation sites is 1. The number of amides is 1. The Balaban J connectivity index is 1.65. The van der Waals surface area contributed by atoms with E-state index in [1.807, 2.05) is 31.2 Å². The third kappa shape index (κ3) is 4.31. The van der Waals surface area contributed by atoms with E-state index in [-0.39, 0.29) is 5.91 Å². The van der Waals surface area contributed by atoms with Gasteiger partial charge in [0.1, 0.15) is 5.00 Å². The molecule has 0 saturated carbocycles. The third-order valence-electron chi connectivity index (χ3n) is 6.34. The lowest BCUT2D eigenvalue weighted by Crippen LogP contribution is -2.17. The Morgan fingerprint density at radius 1 is 1.06 bits per heavy atom. The fourth-order valence-corrected chi connectivity index (χ4v) is 6.45. The van der Waals surface area contributed by atoms with Crippen LogP contribution in [0.15, 0.2) is 42.5 Å². The molecule has 0 bridgehead atoms. The van der Waals surface area contributed by atoms with Crippen LogP contribution in [0.2, 0.25) is 10.0 Å². The first kappa shape index (κ1) is 23.8. The van der Waals surface area contributed by atoms with Gasteiger partial charge in [-0.15, -0.1) is 11.3 Å². The van der Waals surface area contributed by atoms with Crippen molar-refractivity contribution < 1.29 is 14.3 Å². The number of carbonyl (C=O) groups excluding carboxylic acids is 2. The quantitative estimate of drug-likeness (QED) is 0.280. The van der Waals surface area contributed by atoms with Crippen LogP contribution >= 0.6 is 34.5 Å². The molecule has 2 aromatic heterocycles. The molecule has 1 aliphatic rings. The van der Waals surface area contributed by atoms with Crippen molar-refractivity contribution >= 4 is 62.3 Å². The van der Waals surface area contributed by atoms with E-state index in [9.17, 15) is 9.59 Å². The fourth-order valence-electron chi connectivity index (χ4n) is 4.68. The minimum Gasteiger partial charge on any atom is -0.465 e. The van der Waals surface area contributed by atoms with Crippen molar-refractivity contribution in [2.24, 2.45) is 0 Å². The number of ether oxygens (including phenoxy) is 1. The van der Waals surface area contributed by atoms with E-state index in [1.54, 1.807) is 18.2 Å². The lowest BCUT2D eigenvalue weighted by Gasteiger charge is -2.16. The van der Waals surface area contributed by atoms with Crippen molar-refractivity contribution in [3.63, 3.8) is 0 Å². The van der Waals surface area contributed by atoms with Gasteiger partial charge in [-0.25, -0.2) is 9.78 Å². The molecular formula is C27H22Cl2N2O3S. The number of carbonyl (C=O) groups is 2. The first-order valence-corrected chi connectivity index (χ1v) is 12.8. The van der Waals surface area contributed by atoms with E-state index in [0.717, 1.165) is 41.5 Å². The molecule has 0 aliphatic heterocycles. The molecule has 0 atom stereocenters. The van der Waals surface area contributed by atoms with Crippen molar-refractivity contribution in [2.75, 3.05) is 12.4 Å². The van der Waals surface area contributed by atoms with Gasteiger partial charge in [-0.2, -0.15) is 0 Å². The Kier molecular flexibility index (Phi) is 6.53. The maximum atomic E-state index is 13.8. The zero-order chi connectivity index (χ0) is 24.7. The Morgan fingerprint density at radius 2 is 1.83 bits per heavy atom. The average Bonchev–Trinajstić information content (AvgIpc) is 3.21. The maximum Gasteiger partial charge on any atom is 0.341 e. The summed E-state index contributed by atoms with van der Waals surface area (Å²) in [4.78, 5) is 32.4. The highest BCUT2D eigenvalue weighted by atomic mass is 35.5. The molecule has 2 aromatic carbocycles. The number of thiophene rings is 1. The summed E-state index contributed by atoms with van der Waals surface area (Å²) < 4.78 is 5.06. The number of esters is 1. The highest BCUT2D eigenvalue weighted by molar-refractivity contribution is 7.17. The summed E-state index contributed by atoms with van der Waals surface area (Å²) in [5.41, 5.74) is 4.60. The van der Waals surface area contributed by atoms with E-state index >= 15 is 0 Å². The molecular weight excluding hydrogens is 503 g/mol. The molecule has 0 fully saturated rings. The molecule has 0 radical (unpaired) electrons. The molecule has 5 rings (SSSR count). The summed E-state index contributed by atoms with van der Waals surface area (Å²) in [7, 11) is 1.36. The molecule has 178 valence electrons. The van der Waals surface area contributed by atoms with Gasteiger partial charge in [-0.05, 0) is 68.0 Å². The molecule has 1 N–H and O–H groups in total. The standard InChI is InChI=1S/C27H22Cl2N2O3S/c1-14-22(25(32)31-26-23(27(33)34-2)18-8-4-6-10-21(18)35-26)17-7-3-5-9-20(17)30-24(14)16-12-11-15(28)13-19(16)29/h3,5,7,9,11-13H,4,6,8,10H2,1-2H3,(H,31,32). The van der Waals surface area contributed by atoms with E-state index in [4.69, 9.17) is 32.9 Å². The van der Waals surface area contributed by atoms with Crippen LogP contribution in [0, 0.1) is 6.92 Å². The number of aryl methyl sites for hydroxylation is 1. The van der Waals surface area contributed by atoms with Crippen molar-refractivity contribution in [1.82, 2.24) is 4.98 Å². The molecule has 4 aromatic rings. The molecule has 0 unspecified atom stereocenters. The van der Waals surface area contributed by atoms with Crippen molar-refractivity contribution in [3.05, 3.63) is 79.6 Å². The van der Waals surface area contributed by atoms with Crippen LogP contribution in [0.1, 0.15) is 49.6 Å². The normalized spacial score (nSPS) is 12.9. The highest BCUT2D eigenvalue weighted by Gasteiger charge is 2.28. The monoisotopic (exact) mass is 524 g/mol. The van der Waals surface area contributed by atoms with Gasteiger partial charge in [0.25, 0.3) is 5.91 Å². The van der Waals surface area contributed by atoms with Crippen LogP contribution in [0.5, 0.6) is 0 Å². The lowest BCUT2D eigenvalue weighted by atomic mass is 9.95. The first-order valence-electron chi connectivity index (χ1n) is 11.3. The summed E-state index contributed by atoms with van der Waals surface area (Å²) in [6, 6.07) is 12.7. The van der Waals surface area contributed by atoms with Crippen molar-refractivity contribution in [1.29, 1.82) is 0 Å². The summed E-state index contributed by atoms with van der Waals surface area (Å²) in [5.74, 6) is -0.735. The second-order valence-corrected chi connectivity index (χ2v) is 10.4. The number of hydrogen-bond acceptors (Lipinski definition) is 5. The first-order chi connectivity index (χ1) is 16.9. The summed E-state index contributed by atoms with van der Waals surface area (Å²) in [6.07, 6.45) is 3.79. The number of anilines is 1. The molecule has 8 heteroatoms. The van der Waals surface area contributed by atoms with Crippen LogP contribution in [0.4, 0.5) is 5.00 Å². The number of nitrogens with zero attached hydrogens (tertiary/aromatic N) is 1. The lowest BCUT2D eigenvalue weighted by molar-refractivity contribution is 0.0601. The van der Waals surface area contributed by atoms with E-state index in [1.165, 1.54) is 18.4 Å². The minimum atomic E-state index is -0.426. The van der Waals surface area contributed by atoms with E-state index < -0.39 is 5.97 Å². The Morgan fingerprint density at radius 3 is 2.60 bits per heavy atom. The number of pyridine rings is 1. The maximum absolute atomic E-state index is 13.8. The van der Waals surface area contributed by atoms with Gasteiger partial charge >= 0.3 is 5.97 Å². The summed E-state index contributed by atoms with van der Waals surface area (Å²) in [5, 5.41) is 5.25. The van der Waals surface area contributed by atoms with Gasteiger partial charge in [-0.1, -0.05) is 41.4 Å². The number of nitrogens with one attached hydrogen (secondary N) is 1. The van der Waals surface area contributed by atoms with Gasteiger partial charge in [0, 0.05) is 20.8 Å². The second-order valence-electron chi connectivity index (χ2n) is 8.46. The van der Waals surface area contributed by atoms with Gasteiger partial charge in [-0.3, -0.25) is 4.79 Å². The van der Waals surface area contributed by atoms with Crippen LogP contribution in [0.25, 0.3) is 22.2 Å². The Labute approximate surface area is 217 Å². The largest absolute Gasteiger partial charge is 0.465 e. The number of hydrogen-bond donors (Lipinski definition) is 1. The molecule has 35 heavy (non-hydrogen) atoms. The van der Waals surface area contributed by atoms with Gasteiger partial charge in [0.15, 0.2) is 0 Å². The number of halogens is 2. The number of rotatable bonds is 4. The second kappa shape index (κ2) is 9.61.